The van der Waals surface area contributed by atoms with E-state index >= 15 is 0 Å². The van der Waals surface area contributed by atoms with Gasteiger partial charge in [-0.1, -0.05) is 63.1 Å². The molecule has 0 radical (unpaired) electrons. The standard InChI is InChI=1S/C23H29NO/c1-3-5-12-20(9-4-2)22-15-21(19-13-14-19)17-24(23(22)25)16-18-10-7-6-8-11-18/h6-8,10-12,15,17,19H,3-5,9,13-14,16H2,1-2H3. The zero-order valence-corrected chi connectivity index (χ0v) is 15.5. The molecule has 0 aliphatic heterocycles. The van der Waals surface area contributed by atoms with Crippen LogP contribution in [0, 0.1) is 0 Å². The van der Waals surface area contributed by atoms with E-state index in [1.165, 1.54) is 29.5 Å². The molecule has 132 valence electrons. The smallest absolute Gasteiger partial charge is 0.258 e. The molecule has 1 aliphatic carbocycles. The highest BCUT2D eigenvalue weighted by Gasteiger charge is 2.25. The Balaban J connectivity index is 2.03. The lowest BCUT2D eigenvalue weighted by molar-refractivity contribution is 0.744. The van der Waals surface area contributed by atoms with Gasteiger partial charge in [-0.25, -0.2) is 0 Å². The van der Waals surface area contributed by atoms with Crippen LogP contribution in [0.2, 0.25) is 0 Å². The van der Waals surface area contributed by atoms with Crippen molar-refractivity contribution in [1.82, 2.24) is 4.57 Å². The molecule has 1 aromatic carbocycles. The summed E-state index contributed by atoms with van der Waals surface area (Å²) in [5.74, 6) is 0.649. The van der Waals surface area contributed by atoms with Crippen molar-refractivity contribution < 1.29 is 0 Å². The Hall–Kier alpha value is -2.09. The fraction of sp³-hybridized carbons (Fsp3) is 0.435. The van der Waals surface area contributed by atoms with Crippen LogP contribution in [0.4, 0.5) is 0 Å². The van der Waals surface area contributed by atoms with Gasteiger partial charge in [0.25, 0.3) is 5.56 Å². The van der Waals surface area contributed by atoms with Gasteiger partial charge in [0, 0.05) is 11.8 Å². The molecule has 0 N–H and O–H groups in total. The molecule has 1 fully saturated rings. The Labute approximate surface area is 151 Å². The quantitative estimate of drug-likeness (QED) is 0.601. The monoisotopic (exact) mass is 335 g/mol. The van der Waals surface area contributed by atoms with Crippen molar-refractivity contribution in [1.29, 1.82) is 0 Å². The lowest BCUT2D eigenvalue weighted by atomic mass is 9.98. The third kappa shape index (κ3) is 4.50. The summed E-state index contributed by atoms with van der Waals surface area (Å²) >= 11 is 0. The lowest BCUT2D eigenvalue weighted by Gasteiger charge is -2.14. The molecule has 0 unspecified atom stereocenters. The molecular formula is C23H29NO. The van der Waals surface area contributed by atoms with E-state index in [1.54, 1.807) is 0 Å². The maximum Gasteiger partial charge on any atom is 0.258 e. The van der Waals surface area contributed by atoms with Gasteiger partial charge in [-0.3, -0.25) is 4.79 Å². The van der Waals surface area contributed by atoms with Crippen LogP contribution in [0.3, 0.4) is 0 Å². The van der Waals surface area contributed by atoms with Gasteiger partial charge in [0.1, 0.15) is 0 Å². The SMILES string of the molecule is CCCC=C(CCC)c1cc(C2CC2)cn(Cc2ccccc2)c1=O. The van der Waals surface area contributed by atoms with E-state index in [9.17, 15) is 4.79 Å². The number of pyridine rings is 1. The number of benzene rings is 1. The van der Waals surface area contributed by atoms with Crippen molar-refractivity contribution in [2.75, 3.05) is 0 Å². The zero-order chi connectivity index (χ0) is 17.6. The Morgan fingerprint density at radius 3 is 2.56 bits per heavy atom. The van der Waals surface area contributed by atoms with Gasteiger partial charge in [0.05, 0.1) is 6.54 Å². The van der Waals surface area contributed by atoms with E-state index < -0.39 is 0 Å². The van der Waals surface area contributed by atoms with Gasteiger partial charge in [-0.2, -0.15) is 0 Å². The molecular weight excluding hydrogens is 306 g/mol. The second-order valence-corrected chi connectivity index (χ2v) is 7.15. The van der Waals surface area contributed by atoms with Crippen molar-refractivity contribution in [3.63, 3.8) is 0 Å². The fourth-order valence-electron chi connectivity index (χ4n) is 3.36. The third-order valence-corrected chi connectivity index (χ3v) is 4.90. The van der Waals surface area contributed by atoms with Gasteiger partial charge in [0.2, 0.25) is 0 Å². The largest absolute Gasteiger partial charge is 0.310 e. The molecule has 1 aromatic heterocycles. The minimum atomic E-state index is 0.157. The van der Waals surface area contributed by atoms with Crippen LogP contribution in [-0.4, -0.2) is 4.57 Å². The number of hydrogen-bond acceptors (Lipinski definition) is 1. The molecule has 0 bridgehead atoms. The van der Waals surface area contributed by atoms with E-state index in [0.29, 0.717) is 12.5 Å². The summed E-state index contributed by atoms with van der Waals surface area (Å²) < 4.78 is 1.92. The van der Waals surface area contributed by atoms with Crippen molar-refractivity contribution in [3.05, 3.63) is 75.7 Å². The lowest BCUT2D eigenvalue weighted by Crippen LogP contribution is -2.24. The van der Waals surface area contributed by atoms with Crippen LogP contribution in [0.5, 0.6) is 0 Å². The van der Waals surface area contributed by atoms with Gasteiger partial charge in [-0.15, -0.1) is 0 Å². The minimum Gasteiger partial charge on any atom is -0.310 e. The normalized spacial score (nSPS) is 14.7. The van der Waals surface area contributed by atoms with E-state index in [0.717, 1.165) is 31.2 Å². The molecule has 1 heterocycles. The number of nitrogens with zero attached hydrogens (tertiary/aromatic N) is 1. The Bertz CT molecular complexity index is 781. The molecule has 2 heteroatoms. The molecule has 1 saturated carbocycles. The summed E-state index contributed by atoms with van der Waals surface area (Å²) in [4.78, 5) is 13.2. The van der Waals surface area contributed by atoms with Crippen LogP contribution in [-0.2, 0) is 6.54 Å². The summed E-state index contributed by atoms with van der Waals surface area (Å²) in [5, 5.41) is 0. The Morgan fingerprint density at radius 2 is 1.92 bits per heavy atom. The topological polar surface area (TPSA) is 22.0 Å². The number of rotatable bonds is 8. The zero-order valence-electron chi connectivity index (χ0n) is 15.5. The molecule has 1 aliphatic rings. The van der Waals surface area contributed by atoms with Gasteiger partial charge >= 0.3 is 0 Å². The Morgan fingerprint density at radius 1 is 1.16 bits per heavy atom. The van der Waals surface area contributed by atoms with Gasteiger partial charge < -0.3 is 4.57 Å². The van der Waals surface area contributed by atoms with Crippen LogP contribution >= 0.6 is 0 Å². The molecule has 0 amide bonds. The van der Waals surface area contributed by atoms with E-state index in [1.807, 2.05) is 22.8 Å². The average Bonchev–Trinajstić information content (AvgIpc) is 3.46. The van der Waals surface area contributed by atoms with E-state index in [2.05, 4.69) is 44.3 Å². The summed E-state index contributed by atoms with van der Waals surface area (Å²) in [7, 11) is 0. The molecule has 2 nitrogen and oxygen atoms in total. The molecule has 0 saturated heterocycles. The summed E-state index contributed by atoms with van der Waals surface area (Å²) in [6.45, 7) is 5.03. The predicted octanol–water partition coefficient (Wildman–Crippen LogP) is 5.76. The molecule has 2 aromatic rings. The summed E-state index contributed by atoms with van der Waals surface area (Å²) in [6, 6.07) is 12.5. The highest BCUT2D eigenvalue weighted by atomic mass is 16.1. The Kier molecular flexibility index (Phi) is 5.91. The summed E-state index contributed by atoms with van der Waals surface area (Å²) in [6.07, 6.45) is 11.1. The summed E-state index contributed by atoms with van der Waals surface area (Å²) in [5.41, 5.74) is 4.83. The van der Waals surface area contributed by atoms with Crippen molar-refractivity contribution in [3.8, 4) is 0 Å². The van der Waals surface area contributed by atoms with E-state index in [4.69, 9.17) is 0 Å². The first-order chi connectivity index (χ1) is 12.2. The first kappa shape index (κ1) is 17.7. The average molecular weight is 335 g/mol. The van der Waals surface area contributed by atoms with Crippen LogP contribution in [0.1, 0.15) is 75.0 Å². The van der Waals surface area contributed by atoms with Crippen molar-refractivity contribution in [2.24, 2.45) is 0 Å². The molecule has 25 heavy (non-hydrogen) atoms. The molecule has 0 atom stereocenters. The first-order valence-electron chi connectivity index (χ1n) is 9.70. The van der Waals surface area contributed by atoms with Crippen LogP contribution in [0.15, 0.2) is 53.5 Å². The minimum absolute atomic E-state index is 0.157. The first-order valence-corrected chi connectivity index (χ1v) is 9.70. The number of hydrogen-bond donors (Lipinski definition) is 0. The van der Waals surface area contributed by atoms with Crippen LogP contribution in [0.25, 0.3) is 5.57 Å². The second-order valence-electron chi connectivity index (χ2n) is 7.15. The van der Waals surface area contributed by atoms with Crippen LogP contribution < -0.4 is 5.56 Å². The fourth-order valence-corrected chi connectivity index (χ4v) is 3.36. The molecule has 3 rings (SSSR count). The maximum atomic E-state index is 13.2. The second kappa shape index (κ2) is 8.33. The highest BCUT2D eigenvalue weighted by Crippen LogP contribution is 2.40. The van der Waals surface area contributed by atoms with E-state index in [-0.39, 0.29) is 5.56 Å². The van der Waals surface area contributed by atoms with Gasteiger partial charge in [0.15, 0.2) is 0 Å². The number of allylic oxidation sites excluding steroid dienone is 2. The third-order valence-electron chi connectivity index (χ3n) is 4.90. The maximum absolute atomic E-state index is 13.2. The van der Waals surface area contributed by atoms with Crippen molar-refractivity contribution in [2.45, 2.75) is 64.8 Å². The van der Waals surface area contributed by atoms with Gasteiger partial charge in [-0.05, 0) is 54.4 Å². The number of aromatic nitrogens is 1. The highest BCUT2D eigenvalue weighted by molar-refractivity contribution is 5.65. The molecule has 0 spiro atoms. The number of unbranched alkanes of at least 4 members (excludes halogenated alkanes) is 1. The van der Waals surface area contributed by atoms with Crippen molar-refractivity contribution >= 4 is 5.57 Å². The predicted molar refractivity (Wildman–Crippen MR) is 106 cm³/mol.